The Bertz CT molecular complexity index is 1730. The number of hydrogen-bond acceptors (Lipinski definition) is 7. The molecule has 0 unspecified atom stereocenters. The number of halogens is 3. The highest BCUT2D eigenvalue weighted by molar-refractivity contribution is 5.95. The van der Waals surface area contributed by atoms with Crippen LogP contribution in [0.1, 0.15) is 40.4 Å². The topological polar surface area (TPSA) is 140 Å². The lowest BCUT2D eigenvalue weighted by molar-refractivity contribution is 0.0694. The number of nitrogens with zero attached hydrogens (tertiary/aromatic N) is 4. The number of pyridine rings is 1. The van der Waals surface area contributed by atoms with Crippen LogP contribution in [0.3, 0.4) is 0 Å². The van der Waals surface area contributed by atoms with Gasteiger partial charge in [0, 0.05) is 42.8 Å². The van der Waals surface area contributed by atoms with Gasteiger partial charge in [0.1, 0.15) is 11.4 Å². The van der Waals surface area contributed by atoms with Crippen molar-refractivity contribution < 1.29 is 23.1 Å². The molecule has 4 aromatic rings. The number of benzene rings is 2. The van der Waals surface area contributed by atoms with Gasteiger partial charge in [0.2, 0.25) is 11.4 Å². The predicted molar refractivity (Wildman–Crippen MR) is 134 cm³/mol. The molecule has 2 aromatic carbocycles. The number of carboxylic acid groups (broad SMARTS) is 1. The summed E-state index contributed by atoms with van der Waals surface area (Å²) in [5.74, 6) is -5.49. The number of carboxylic acids is 1. The van der Waals surface area contributed by atoms with Crippen molar-refractivity contribution >= 4 is 34.3 Å². The maximum absolute atomic E-state index is 16.0. The Morgan fingerprint density at radius 1 is 1.13 bits per heavy atom. The summed E-state index contributed by atoms with van der Waals surface area (Å²) in [6.45, 7) is 0.990. The fourth-order valence-corrected chi connectivity index (χ4v) is 5.09. The fraction of sp³-hybridized carbons (Fsp3) is 0.231. The van der Waals surface area contributed by atoms with Gasteiger partial charge in [-0.1, -0.05) is 6.07 Å². The number of aromatic nitrogens is 3. The fourth-order valence-electron chi connectivity index (χ4n) is 5.09. The van der Waals surface area contributed by atoms with Gasteiger partial charge in [-0.15, -0.1) is 0 Å². The molecule has 6 rings (SSSR count). The van der Waals surface area contributed by atoms with Crippen LogP contribution in [0.4, 0.5) is 30.6 Å². The lowest BCUT2D eigenvalue weighted by Crippen LogP contribution is -2.21. The number of nitrogens with two attached hydrogens (primary N) is 2. The molecule has 0 spiro atoms. The highest BCUT2D eigenvalue weighted by Crippen LogP contribution is 2.42. The quantitative estimate of drug-likeness (QED) is 0.338. The molecule has 194 valence electrons. The van der Waals surface area contributed by atoms with E-state index in [2.05, 4.69) is 9.97 Å². The minimum Gasteiger partial charge on any atom is -0.477 e. The lowest BCUT2D eigenvalue weighted by Gasteiger charge is -2.20. The smallest absolute Gasteiger partial charge is 0.341 e. The van der Waals surface area contributed by atoms with Crippen LogP contribution in [-0.4, -0.2) is 32.2 Å². The molecular formula is C26H21F3N6O3. The SMILES string of the molecule is Nc1ncc(CN2CCc3cc(-c4c(F)c(F)c5c(=O)c(C(=O)O)cn(C6CC6)c5c4F)ccc32)c(N)n1. The van der Waals surface area contributed by atoms with Crippen LogP contribution in [-0.2, 0) is 13.0 Å². The molecule has 9 nitrogen and oxygen atoms in total. The first-order valence-electron chi connectivity index (χ1n) is 11.9. The second kappa shape index (κ2) is 8.47. The van der Waals surface area contributed by atoms with Crippen LogP contribution in [0.15, 0.2) is 35.4 Å². The summed E-state index contributed by atoms with van der Waals surface area (Å²) in [5, 5.41) is 8.50. The van der Waals surface area contributed by atoms with Crippen molar-refractivity contribution in [3.63, 3.8) is 0 Å². The number of aromatic carboxylic acids is 1. The first-order valence-corrected chi connectivity index (χ1v) is 11.9. The summed E-state index contributed by atoms with van der Waals surface area (Å²) in [6, 6.07) is 4.46. The van der Waals surface area contributed by atoms with E-state index >= 15 is 13.2 Å². The van der Waals surface area contributed by atoms with Crippen molar-refractivity contribution in [2.45, 2.75) is 31.8 Å². The van der Waals surface area contributed by atoms with E-state index in [-0.39, 0.29) is 23.4 Å². The van der Waals surface area contributed by atoms with Crippen molar-refractivity contribution in [1.82, 2.24) is 14.5 Å². The van der Waals surface area contributed by atoms with E-state index in [4.69, 9.17) is 11.5 Å². The Morgan fingerprint density at radius 2 is 1.89 bits per heavy atom. The Balaban J connectivity index is 1.47. The van der Waals surface area contributed by atoms with E-state index in [0.717, 1.165) is 17.4 Å². The molecule has 12 heteroatoms. The van der Waals surface area contributed by atoms with Crippen molar-refractivity contribution in [2.24, 2.45) is 0 Å². The predicted octanol–water partition coefficient (Wildman–Crippen LogP) is 3.64. The number of fused-ring (bicyclic) bond motifs is 2. The summed E-state index contributed by atoms with van der Waals surface area (Å²) in [5.41, 5.74) is 10.9. The summed E-state index contributed by atoms with van der Waals surface area (Å²) in [6.07, 6.45) is 4.32. The largest absolute Gasteiger partial charge is 0.477 e. The number of rotatable bonds is 5. The minimum absolute atomic E-state index is 0.0654. The molecule has 0 amide bonds. The van der Waals surface area contributed by atoms with Crippen LogP contribution in [0.2, 0.25) is 0 Å². The monoisotopic (exact) mass is 522 g/mol. The van der Waals surface area contributed by atoms with E-state index in [1.165, 1.54) is 10.6 Å². The average molecular weight is 522 g/mol. The van der Waals surface area contributed by atoms with Gasteiger partial charge in [0.15, 0.2) is 17.5 Å². The van der Waals surface area contributed by atoms with Crippen molar-refractivity contribution in [3.05, 3.63) is 75.0 Å². The molecule has 0 radical (unpaired) electrons. The van der Waals surface area contributed by atoms with Gasteiger partial charge in [-0.2, -0.15) is 4.98 Å². The minimum atomic E-state index is -1.59. The van der Waals surface area contributed by atoms with Gasteiger partial charge in [-0.25, -0.2) is 22.9 Å². The van der Waals surface area contributed by atoms with Gasteiger partial charge < -0.3 is 26.0 Å². The zero-order chi connectivity index (χ0) is 26.9. The molecule has 38 heavy (non-hydrogen) atoms. The third-order valence-electron chi connectivity index (χ3n) is 7.10. The first-order chi connectivity index (χ1) is 18.2. The summed E-state index contributed by atoms with van der Waals surface area (Å²) >= 11 is 0. The van der Waals surface area contributed by atoms with E-state index < -0.39 is 50.9 Å². The van der Waals surface area contributed by atoms with Crippen molar-refractivity contribution in [1.29, 1.82) is 0 Å². The third kappa shape index (κ3) is 3.63. The Labute approximate surface area is 213 Å². The second-order valence-electron chi connectivity index (χ2n) is 9.51. The summed E-state index contributed by atoms with van der Waals surface area (Å²) < 4.78 is 48.0. The number of nitrogen functional groups attached to an aromatic ring is 2. The molecule has 1 fully saturated rings. The molecule has 2 aromatic heterocycles. The van der Waals surface area contributed by atoms with E-state index in [1.54, 1.807) is 18.3 Å². The molecule has 5 N–H and O–H groups in total. The van der Waals surface area contributed by atoms with Crippen LogP contribution < -0.4 is 21.8 Å². The molecule has 1 aliphatic heterocycles. The van der Waals surface area contributed by atoms with Crippen molar-refractivity contribution in [2.75, 3.05) is 22.9 Å². The van der Waals surface area contributed by atoms with Crippen LogP contribution >= 0.6 is 0 Å². The second-order valence-corrected chi connectivity index (χ2v) is 9.51. The van der Waals surface area contributed by atoms with E-state index in [1.807, 2.05) is 4.90 Å². The van der Waals surface area contributed by atoms with Gasteiger partial charge >= 0.3 is 5.97 Å². The maximum Gasteiger partial charge on any atom is 0.341 e. The Kier molecular flexibility index (Phi) is 5.30. The van der Waals surface area contributed by atoms with Gasteiger partial charge in [0.25, 0.3) is 0 Å². The van der Waals surface area contributed by atoms with E-state index in [9.17, 15) is 14.7 Å². The Morgan fingerprint density at radius 3 is 2.58 bits per heavy atom. The van der Waals surface area contributed by atoms with Gasteiger partial charge in [-0.3, -0.25) is 4.79 Å². The van der Waals surface area contributed by atoms with Crippen LogP contribution in [0.5, 0.6) is 0 Å². The van der Waals surface area contributed by atoms with Crippen molar-refractivity contribution in [3.8, 4) is 11.1 Å². The summed E-state index contributed by atoms with van der Waals surface area (Å²) in [4.78, 5) is 34.2. The van der Waals surface area contributed by atoms with Gasteiger partial charge in [-0.05, 0) is 42.5 Å². The highest BCUT2D eigenvalue weighted by atomic mass is 19.2. The Hall–Kier alpha value is -4.61. The number of anilines is 3. The normalized spacial score (nSPS) is 14.8. The first kappa shape index (κ1) is 23.8. The standard InChI is InChI=1S/C26H21F3N6O3/c27-19-17(21(29)22-18(20(19)28)23(36)15(25(37)38)10-35(22)14-2-3-14)12-1-4-16-11(7-12)5-6-34(16)9-13-8-32-26(31)33-24(13)30/h1,4,7-8,10,14H,2-3,5-6,9H2,(H,37,38)(H4,30,31,32,33). The number of hydrogen-bond donors (Lipinski definition) is 3. The number of carbonyl (C=O) groups is 1. The molecule has 0 bridgehead atoms. The molecule has 0 atom stereocenters. The molecule has 3 heterocycles. The zero-order valence-electron chi connectivity index (χ0n) is 19.8. The maximum atomic E-state index is 16.0. The van der Waals surface area contributed by atoms with E-state index in [0.29, 0.717) is 37.9 Å². The van der Waals surface area contributed by atoms with Crippen LogP contribution in [0.25, 0.3) is 22.0 Å². The average Bonchev–Trinajstić information content (AvgIpc) is 3.65. The van der Waals surface area contributed by atoms with Crippen LogP contribution in [0, 0.1) is 17.5 Å². The zero-order valence-corrected chi connectivity index (χ0v) is 19.8. The molecule has 0 saturated heterocycles. The highest BCUT2D eigenvalue weighted by Gasteiger charge is 2.33. The molecule has 2 aliphatic rings. The lowest BCUT2D eigenvalue weighted by atomic mass is 9.97. The third-order valence-corrected chi connectivity index (χ3v) is 7.10. The molecule has 1 saturated carbocycles. The summed E-state index contributed by atoms with van der Waals surface area (Å²) in [7, 11) is 0. The molecular weight excluding hydrogens is 501 g/mol. The molecule has 1 aliphatic carbocycles. The van der Waals surface area contributed by atoms with Gasteiger partial charge in [0.05, 0.1) is 16.5 Å².